The Morgan fingerprint density at radius 3 is 2.70 bits per heavy atom. The van der Waals surface area contributed by atoms with Crippen molar-refractivity contribution in [3.8, 4) is 5.75 Å². The molecule has 3 aliphatic rings. The van der Waals surface area contributed by atoms with E-state index in [4.69, 9.17) is 9.47 Å². The second-order valence-electron chi connectivity index (χ2n) is 9.14. The predicted octanol–water partition coefficient (Wildman–Crippen LogP) is 4.91. The van der Waals surface area contributed by atoms with Gasteiger partial charge in [-0.05, 0) is 74.9 Å². The van der Waals surface area contributed by atoms with Crippen LogP contribution in [0.5, 0.6) is 5.75 Å². The normalized spacial score (nSPS) is 27.0. The van der Waals surface area contributed by atoms with Crippen LogP contribution in [-0.4, -0.2) is 44.3 Å². The summed E-state index contributed by atoms with van der Waals surface area (Å²) in [4.78, 5) is 2.65. The van der Waals surface area contributed by atoms with Crippen molar-refractivity contribution in [1.82, 2.24) is 4.90 Å². The molecule has 0 saturated carbocycles. The highest BCUT2D eigenvalue weighted by Gasteiger charge is 2.43. The van der Waals surface area contributed by atoms with Crippen LogP contribution in [0.2, 0.25) is 0 Å². The number of benzene rings is 2. The molecule has 0 radical (unpaired) electrons. The average Bonchev–Trinajstić information content (AvgIpc) is 2.83. The van der Waals surface area contributed by atoms with Crippen molar-refractivity contribution in [2.45, 2.75) is 44.2 Å². The number of hydrogen-bond acceptors (Lipinski definition) is 4. The summed E-state index contributed by atoms with van der Waals surface area (Å²) in [7, 11) is 1.74. The minimum atomic E-state index is 0.214. The largest absolute Gasteiger partial charge is 0.497 e. The molecule has 0 amide bonds. The van der Waals surface area contributed by atoms with Crippen LogP contribution in [0.15, 0.2) is 48.5 Å². The number of methoxy groups -OCH3 is 1. The van der Waals surface area contributed by atoms with Gasteiger partial charge in [0, 0.05) is 36.4 Å². The molecule has 0 aliphatic carbocycles. The molecule has 2 saturated heterocycles. The zero-order valence-electron chi connectivity index (χ0n) is 18.1. The van der Waals surface area contributed by atoms with E-state index in [0.29, 0.717) is 12.0 Å². The molecule has 4 heteroatoms. The molecule has 0 bridgehead atoms. The number of fused-ring (bicyclic) bond motifs is 3. The molecule has 2 aromatic carbocycles. The van der Waals surface area contributed by atoms with E-state index in [1.165, 1.54) is 62.1 Å². The SMILES string of the molecule is COc1ccc2c(c1)[C@H]1OCCC[C@H]1C(C1CCN(CCc3ccccc3)CC1)N2. The molecule has 1 unspecified atom stereocenters. The molecular formula is C26H34N2O2. The first kappa shape index (κ1) is 19.9. The van der Waals surface area contributed by atoms with Gasteiger partial charge in [0.1, 0.15) is 5.75 Å². The van der Waals surface area contributed by atoms with Crippen LogP contribution < -0.4 is 10.1 Å². The summed E-state index contributed by atoms with van der Waals surface area (Å²) < 4.78 is 11.8. The molecule has 30 heavy (non-hydrogen) atoms. The number of nitrogens with one attached hydrogen (secondary N) is 1. The van der Waals surface area contributed by atoms with Gasteiger partial charge in [-0.2, -0.15) is 0 Å². The van der Waals surface area contributed by atoms with Gasteiger partial charge in [0.2, 0.25) is 0 Å². The lowest BCUT2D eigenvalue weighted by molar-refractivity contribution is -0.0473. The van der Waals surface area contributed by atoms with Crippen LogP contribution in [0.3, 0.4) is 0 Å². The lowest BCUT2D eigenvalue weighted by Crippen LogP contribution is -2.49. The van der Waals surface area contributed by atoms with Crippen molar-refractivity contribution >= 4 is 5.69 Å². The van der Waals surface area contributed by atoms with Crippen LogP contribution in [0.25, 0.3) is 0 Å². The summed E-state index contributed by atoms with van der Waals surface area (Å²) >= 11 is 0. The molecule has 0 spiro atoms. The molecule has 5 rings (SSSR count). The van der Waals surface area contributed by atoms with Gasteiger partial charge in [-0.15, -0.1) is 0 Å². The number of piperidine rings is 1. The molecule has 3 aliphatic heterocycles. The first-order chi connectivity index (χ1) is 14.8. The average molecular weight is 407 g/mol. The third kappa shape index (κ3) is 4.08. The monoisotopic (exact) mass is 406 g/mol. The maximum absolute atomic E-state index is 6.33. The minimum absolute atomic E-state index is 0.214. The highest BCUT2D eigenvalue weighted by Crippen LogP contribution is 2.47. The van der Waals surface area contributed by atoms with Crippen molar-refractivity contribution in [2.24, 2.45) is 11.8 Å². The Labute approximate surface area is 180 Å². The van der Waals surface area contributed by atoms with Gasteiger partial charge in [-0.25, -0.2) is 0 Å². The lowest BCUT2D eigenvalue weighted by atomic mass is 9.73. The maximum Gasteiger partial charge on any atom is 0.119 e. The fourth-order valence-corrected chi connectivity index (χ4v) is 5.75. The van der Waals surface area contributed by atoms with Crippen LogP contribution in [-0.2, 0) is 11.2 Å². The molecule has 160 valence electrons. The topological polar surface area (TPSA) is 33.7 Å². The highest BCUT2D eigenvalue weighted by atomic mass is 16.5. The predicted molar refractivity (Wildman–Crippen MR) is 121 cm³/mol. The number of anilines is 1. The molecule has 0 aromatic heterocycles. The minimum Gasteiger partial charge on any atom is -0.497 e. The van der Waals surface area contributed by atoms with E-state index in [9.17, 15) is 0 Å². The Morgan fingerprint density at radius 2 is 1.90 bits per heavy atom. The van der Waals surface area contributed by atoms with E-state index in [0.717, 1.165) is 24.7 Å². The summed E-state index contributed by atoms with van der Waals surface area (Å²) in [5.74, 6) is 2.22. The molecule has 3 atom stereocenters. The van der Waals surface area contributed by atoms with Crippen LogP contribution >= 0.6 is 0 Å². The number of rotatable bonds is 5. The highest BCUT2D eigenvalue weighted by molar-refractivity contribution is 5.58. The Balaban J connectivity index is 1.24. The lowest BCUT2D eigenvalue weighted by Gasteiger charge is -2.48. The molecule has 1 N–H and O–H groups in total. The van der Waals surface area contributed by atoms with Crippen molar-refractivity contribution in [3.05, 3.63) is 59.7 Å². The molecule has 2 fully saturated rings. The van der Waals surface area contributed by atoms with Gasteiger partial charge >= 0.3 is 0 Å². The number of likely N-dealkylation sites (tertiary alicyclic amines) is 1. The van der Waals surface area contributed by atoms with Crippen molar-refractivity contribution < 1.29 is 9.47 Å². The quantitative estimate of drug-likeness (QED) is 0.765. The number of hydrogen-bond donors (Lipinski definition) is 1. The van der Waals surface area contributed by atoms with Crippen LogP contribution in [0.1, 0.15) is 42.9 Å². The zero-order valence-corrected chi connectivity index (χ0v) is 18.1. The van der Waals surface area contributed by atoms with E-state index in [-0.39, 0.29) is 6.10 Å². The van der Waals surface area contributed by atoms with Crippen LogP contribution in [0, 0.1) is 11.8 Å². The van der Waals surface area contributed by atoms with E-state index >= 15 is 0 Å². The molecule has 4 nitrogen and oxygen atoms in total. The fourth-order valence-electron chi connectivity index (χ4n) is 5.75. The van der Waals surface area contributed by atoms with E-state index in [2.05, 4.69) is 58.7 Å². The standard InChI is InChI=1S/C26H34N2O2/c1-29-21-9-10-24-23(18-21)26-22(8-5-17-30-26)25(27-24)20-12-15-28(16-13-20)14-11-19-6-3-2-4-7-19/h2-4,6-7,9-10,18,20,22,25-27H,5,8,11-17H2,1H3/t22-,25?,26-/m0/s1. The van der Waals surface area contributed by atoms with Gasteiger partial charge in [0.25, 0.3) is 0 Å². The summed E-state index contributed by atoms with van der Waals surface area (Å²) in [6.45, 7) is 4.47. The second kappa shape index (κ2) is 8.99. The summed E-state index contributed by atoms with van der Waals surface area (Å²) in [5.41, 5.74) is 3.98. The van der Waals surface area contributed by atoms with Gasteiger partial charge < -0.3 is 19.7 Å². The summed E-state index contributed by atoms with van der Waals surface area (Å²) in [6, 6.07) is 17.8. The van der Waals surface area contributed by atoms with Gasteiger partial charge in [-0.3, -0.25) is 0 Å². The van der Waals surface area contributed by atoms with Gasteiger partial charge in [0.05, 0.1) is 13.2 Å². The molecule has 2 aromatic rings. The Kier molecular flexibility index (Phi) is 5.96. The Morgan fingerprint density at radius 1 is 1.07 bits per heavy atom. The van der Waals surface area contributed by atoms with Crippen LogP contribution in [0.4, 0.5) is 5.69 Å². The van der Waals surface area contributed by atoms with E-state index in [1.807, 2.05) is 0 Å². The first-order valence-electron chi connectivity index (χ1n) is 11.6. The van der Waals surface area contributed by atoms with E-state index in [1.54, 1.807) is 7.11 Å². The third-order valence-electron chi connectivity index (χ3n) is 7.42. The van der Waals surface area contributed by atoms with Crippen molar-refractivity contribution in [1.29, 1.82) is 0 Å². The number of nitrogens with zero attached hydrogens (tertiary/aromatic N) is 1. The van der Waals surface area contributed by atoms with Crippen molar-refractivity contribution in [3.63, 3.8) is 0 Å². The zero-order chi connectivity index (χ0) is 20.3. The maximum atomic E-state index is 6.33. The fraction of sp³-hybridized carbons (Fsp3) is 0.538. The van der Waals surface area contributed by atoms with Gasteiger partial charge in [-0.1, -0.05) is 30.3 Å². The third-order valence-corrected chi connectivity index (χ3v) is 7.42. The van der Waals surface area contributed by atoms with Crippen molar-refractivity contribution in [2.75, 3.05) is 38.7 Å². The molecular weight excluding hydrogens is 372 g/mol. The second-order valence-corrected chi connectivity index (χ2v) is 9.14. The summed E-state index contributed by atoms with van der Waals surface area (Å²) in [6.07, 6.45) is 6.36. The Bertz CT molecular complexity index is 832. The number of ether oxygens (including phenoxy) is 2. The smallest absolute Gasteiger partial charge is 0.119 e. The first-order valence-corrected chi connectivity index (χ1v) is 11.6. The van der Waals surface area contributed by atoms with Gasteiger partial charge in [0.15, 0.2) is 0 Å². The Hall–Kier alpha value is -2.04. The molecule has 3 heterocycles. The summed E-state index contributed by atoms with van der Waals surface area (Å²) in [5, 5.41) is 3.94. The van der Waals surface area contributed by atoms with E-state index < -0.39 is 0 Å².